The zero-order valence-corrected chi connectivity index (χ0v) is 17.3. The van der Waals surface area contributed by atoms with Crippen molar-refractivity contribution in [3.8, 4) is 0 Å². The number of benzene rings is 2. The van der Waals surface area contributed by atoms with Gasteiger partial charge in [-0.2, -0.15) is 0 Å². The Morgan fingerprint density at radius 2 is 1.66 bits per heavy atom. The molecule has 0 spiro atoms. The van der Waals surface area contributed by atoms with Crippen LogP contribution in [0.5, 0.6) is 0 Å². The van der Waals surface area contributed by atoms with E-state index in [9.17, 15) is 18.4 Å². The van der Waals surface area contributed by atoms with E-state index >= 15 is 0 Å². The van der Waals surface area contributed by atoms with Crippen LogP contribution in [-0.4, -0.2) is 34.2 Å². The summed E-state index contributed by atoms with van der Waals surface area (Å²) in [7, 11) is 0. The Morgan fingerprint density at radius 1 is 1.07 bits per heavy atom. The molecule has 1 aliphatic heterocycles. The molecule has 4 nitrogen and oxygen atoms in total. The fourth-order valence-electron chi connectivity index (χ4n) is 3.43. The van der Waals surface area contributed by atoms with Crippen LogP contribution in [0.15, 0.2) is 48.5 Å². The number of nitrogens with zero attached hydrogens (tertiary/aromatic N) is 2. The van der Waals surface area contributed by atoms with Crippen molar-refractivity contribution in [3.63, 3.8) is 0 Å². The third-order valence-corrected chi connectivity index (χ3v) is 5.33. The van der Waals surface area contributed by atoms with Crippen molar-refractivity contribution in [2.45, 2.75) is 45.3 Å². The number of carbonyl (C=O) groups is 2. The van der Waals surface area contributed by atoms with Gasteiger partial charge in [-0.05, 0) is 37.1 Å². The van der Waals surface area contributed by atoms with Gasteiger partial charge in [0.15, 0.2) is 0 Å². The molecule has 154 valence electrons. The summed E-state index contributed by atoms with van der Waals surface area (Å²) in [6, 6.07) is 11.6. The SMILES string of the molecule is CC(C)N1CC(=O)N(Cc2ccc(Cl)cc2)C(c2ccc(C(C)(F)F)cc2)C1=O. The average Bonchev–Trinajstić information content (AvgIpc) is 2.65. The molecular formula is C22H23ClF2N2O2. The minimum atomic E-state index is -2.97. The highest BCUT2D eigenvalue weighted by Crippen LogP contribution is 2.33. The molecule has 0 aliphatic carbocycles. The largest absolute Gasteiger partial charge is 0.329 e. The summed E-state index contributed by atoms with van der Waals surface area (Å²) in [5.41, 5.74) is 1.20. The molecule has 1 fully saturated rings. The van der Waals surface area contributed by atoms with Gasteiger partial charge in [-0.15, -0.1) is 0 Å². The predicted molar refractivity (Wildman–Crippen MR) is 108 cm³/mol. The number of piperazine rings is 1. The van der Waals surface area contributed by atoms with E-state index in [4.69, 9.17) is 11.6 Å². The van der Waals surface area contributed by atoms with Gasteiger partial charge in [-0.3, -0.25) is 9.59 Å². The summed E-state index contributed by atoms with van der Waals surface area (Å²) < 4.78 is 27.2. The second-order valence-electron chi connectivity index (χ2n) is 7.62. The van der Waals surface area contributed by atoms with E-state index in [0.29, 0.717) is 10.6 Å². The zero-order chi connectivity index (χ0) is 21.3. The molecule has 29 heavy (non-hydrogen) atoms. The number of hydrogen-bond donors (Lipinski definition) is 0. The second kappa shape index (κ2) is 8.11. The van der Waals surface area contributed by atoms with Crippen molar-refractivity contribution >= 4 is 23.4 Å². The molecule has 2 amide bonds. The third-order valence-electron chi connectivity index (χ3n) is 5.08. The molecule has 7 heteroatoms. The lowest BCUT2D eigenvalue weighted by Gasteiger charge is -2.42. The summed E-state index contributed by atoms with van der Waals surface area (Å²) in [4.78, 5) is 29.2. The Balaban J connectivity index is 1.99. The summed E-state index contributed by atoms with van der Waals surface area (Å²) in [5, 5.41) is 0.577. The summed E-state index contributed by atoms with van der Waals surface area (Å²) in [6.45, 7) is 4.73. The number of carbonyl (C=O) groups excluding carboxylic acids is 2. The van der Waals surface area contributed by atoms with E-state index in [-0.39, 0.29) is 36.5 Å². The van der Waals surface area contributed by atoms with Crippen LogP contribution in [0.3, 0.4) is 0 Å². The first-order valence-electron chi connectivity index (χ1n) is 9.40. The summed E-state index contributed by atoms with van der Waals surface area (Å²) >= 11 is 5.93. The van der Waals surface area contributed by atoms with Crippen LogP contribution in [0.1, 0.15) is 43.5 Å². The minimum absolute atomic E-state index is 0.00823. The lowest BCUT2D eigenvalue weighted by molar-refractivity contribution is -0.158. The normalized spacial score (nSPS) is 18.0. The first-order valence-corrected chi connectivity index (χ1v) is 9.78. The molecule has 1 aliphatic rings. The van der Waals surface area contributed by atoms with E-state index < -0.39 is 12.0 Å². The molecule has 1 saturated heterocycles. The van der Waals surface area contributed by atoms with Gasteiger partial charge in [0.05, 0.1) is 0 Å². The Bertz CT molecular complexity index is 893. The lowest BCUT2D eigenvalue weighted by Crippen LogP contribution is -2.56. The molecule has 0 saturated carbocycles. The van der Waals surface area contributed by atoms with Gasteiger partial charge in [-0.1, -0.05) is 48.0 Å². The van der Waals surface area contributed by atoms with Crippen molar-refractivity contribution < 1.29 is 18.4 Å². The Morgan fingerprint density at radius 3 is 2.17 bits per heavy atom. The van der Waals surface area contributed by atoms with E-state index in [1.54, 1.807) is 24.3 Å². The number of hydrogen-bond acceptors (Lipinski definition) is 2. The minimum Gasteiger partial charge on any atom is -0.329 e. The highest BCUT2D eigenvalue weighted by atomic mass is 35.5. The van der Waals surface area contributed by atoms with E-state index in [1.165, 1.54) is 34.1 Å². The quantitative estimate of drug-likeness (QED) is 0.699. The number of halogens is 3. The Kier molecular flexibility index (Phi) is 5.94. The molecule has 2 aromatic rings. The van der Waals surface area contributed by atoms with Gasteiger partial charge in [0.25, 0.3) is 11.8 Å². The maximum Gasteiger partial charge on any atom is 0.270 e. The van der Waals surface area contributed by atoms with Crippen LogP contribution in [0.25, 0.3) is 0 Å². The van der Waals surface area contributed by atoms with Crippen LogP contribution < -0.4 is 0 Å². The molecule has 0 bridgehead atoms. The van der Waals surface area contributed by atoms with E-state index in [2.05, 4.69) is 0 Å². The van der Waals surface area contributed by atoms with Crippen molar-refractivity contribution in [1.82, 2.24) is 9.80 Å². The molecule has 0 aromatic heterocycles. The predicted octanol–water partition coefficient (Wildman–Crippen LogP) is 4.77. The third kappa shape index (κ3) is 4.58. The smallest absolute Gasteiger partial charge is 0.270 e. The maximum atomic E-state index is 13.6. The van der Waals surface area contributed by atoms with Crippen LogP contribution in [-0.2, 0) is 22.1 Å². The fraction of sp³-hybridized carbons (Fsp3) is 0.364. The molecule has 1 unspecified atom stereocenters. The molecule has 0 radical (unpaired) electrons. The highest BCUT2D eigenvalue weighted by molar-refractivity contribution is 6.30. The first kappa shape index (κ1) is 21.2. The molecule has 1 atom stereocenters. The molecule has 3 rings (SSSR count). The Hall–Kier alpha value is -2.47. The van der Waals surface area contributed by atoms with Crippen molar-refractivity contribution in [1.29, 1.82) is 0 Å². The fourth-order valence-corrected chi connectivity index (χ4v) is 3.56. The standard InChI is InChI=1S/C22H23ClF2N2O2/c1-14(2)26-13-19(28)27(12-15-4-10-18(23)11-5-15)20(21(26)29)16-6-8-17(9-7-16)22(3,24)25/h4-11,14,20H,12-13H2,1-3H3. The second-order valence-corrected chi connectivity index (χ2v) is 8.06. The lowest BCUT2D eigenvalue weighted by atomic mass is 9.97. The number of alkyl halides is 2. The number of amides is 2. The van der Waals surface area contributed by atoms with Gasteiger partial charge in [0.1, 0.15) is 12.6 Å². The van der Waals surface area contributed by atoms with Gasteiger partial charge in [0, 0.05) is 30.1 Å². The van der Waals surface area contributed by atoms with E-state index in [1.807, 2.05) is 13.8 Å². The first-order chi connectivity index (χ1) is 13.6. The van der Waals surface area contributed by atoms with Gasteiger partial charge < -0.3 is 9.80 Å². The average molecular weight is 421 g/mol. The van der Waals surface area contributed by atoms with Crippen LogP contribution >= 0.6 is 11.6 Å². The van der Waals surface area contributed by atoms with E-state index in [0.717, 1.165) is 12.5 Å². The Labute approximate surface area is 174 Å². The summed E-state index contributed by atoms with van der Waals surface area (Å²) in [6.07, 6.45) is 0. The van der Waals surface area contributed by atoms with Gasteiger partial charge in [0.2, 0.25) is 5.91 Å². The number of rotatable bonds is 5. The van der Waals surface area contributed by atoms with Crippen LogP contribution in [0, 0.1) is 0 Å². The van der Waals surface area contributed by atoms with Crippen LogP contribution in [0.2, 0.25) is 5.02 Å². The van der Waals surface area contributed by atoms with Crippen molar-refractivity contribution in [2.24, 2.45) is 0 Å². The topological polar surface area (TPSA) is 40.6 Å². The van der Waals surface area contributed by atoms with Gasteiger partial charge in [-0.25, -0.2) is 8.78 Å². The molecule has 2 aromatic carbocycles. The molecule has 0 N–H and O–H groups in total. The van der Waals surface area contributed by atoms with Crippen LogP contribution in [0.4, 0.5) is 8.78 Å². The molecule has 1 heterocycles. The van der Waals surface area contributed by atoms with Crippen molar-refractivity contribution in [2.75, 3.05) is 6.54 Å². The van der Waals surface area contributed by atoms with Crippen molar-refractivity contribution in [3.05, 3.63) is 70.2 Å². The van der Waals surface area contributed by atoms with Gasteiger partial charge >= 0.3 is 0 Å². The molecular weight excluding hydrogens is 398 g/mol. The maximum absolute atomic E-state index is 13.6. The monoisotopic (exact) mass is 420 g/mol. The zero-order valence-electron chi connectivity index (χ0n) is 16.5. The summed E-state index contributed by atoms with van der Waals surface area (Å²) in [5.74, 6) is -3.38. The highest BCUT2D eigenvalue weighted by Gasteiger charge is 2.41.